The van der Waals surface area contributed by atoms with Gasteiger partial charge >= 0.3 is 0 Å². The topological polar surface area (TPSA) is 89.5 Å². The van der Waals surface area contributed by atoms with Crippen LogP contribution in [0.25, 0.3) is 0 Å². The Hall–Kier alpha value is -2.89. The molecule has 0 aromatic heterocycles. The van der Waals surface area contributed by atoms with Crippen molar-refractivity contribution in [3.05, 3.63) is 70.3 Å². The van der Waals surface area contributed by atoms with E-state index in [2.05, 4.69) is 0 Å². The van der Waals surface area contributed by atoms with Crippen LogP contribution in [0.1, 0.15) is 10.4 Å². The summed E-state index contributed by atoms with van der Waals surface area (Å²) in [6.45, 7) is 0. The van der Waals surface area contributed by atoms with E-state index in [9.17, 15) is 14.9 Å². The molecule has 0 unspecified atom stereocenters. The molecule has 0 heterocycles. The molecule has 0 aliphatic heterocycles. The Labute approximate surface area is 109 Å². The van der Waals surface area contributed by atoms with Crippen LogP contribution >= 0.6 is 0 Å². The molecular formula is C13H11N3O3. The average molecular weight is 257 g/mol. The first kappa shape index (κ1) is 12.6. The number of carbonyl (C=O) groups is 1. The summed E-state index contributed by atoms with van der Waals surface area (Å²) in [6.07, 6.45) is 0. The Morgan fingerprint density at radius 1 is 1.05 bits per heavy atom. The van der Waals surface area contributed by atoms with Crippen molar-refractivity contribution in [1.82, 2.24) is 0 Å². The molecule has 6 heteroatoms. The normalized spacial score (nSPS) is 9.89. The van der Waals surface area contributed by atoms with Gasteiger partial charge < -0.3 is 5.73 Å². The molecule has 2 aromatic carbocycles. The fourth-order valence-corrected chi connectivity index (χ4v) is 1.76. The molecule has 0 fully saturated rings. The lowest BCUT2D eigenvalue weighted by atomic mass is 10.1. The maximum atomic E-state index is 11.4. The van der Waals surface area contributed by atoms with Crippen molar-refractivity contribution in [2.24, 2.45) is 5.73 Å². The van der Waals surface area contributed by atoms with E-state index in [-0.39, 0.29) is 11.3 Å². The van der Waals surface area contributed by atoms with E-state index in [0.29, 0.717) is 5.69 Å². The molecule has 1 amide bonds. The van der Waals surface area contributed by atoms with E-state index < -0.39 is 10.9 Å². The largest absolute Gasteiger partial charge is 0.366 e. The molecule has 19 heavy (non-hydrogen) atoms. The Morgan fingerprint density at radius 3 is 2.21 bits per heavy atom. The zero-order valence-corrected chi connectivity index (χ0v) is 9.89. The second-order valence-corrected chi connectivity index (χ2v) is 3.77. The summed E-state index contributed by atoms with van der Waals surface area (Å²) < 4.78 is 0. The summed E-state index contributed by atoms with van der Waals surface area (Å²) in [5, 5.41) is 11.5. The second kappa shape index (κ2) is 5.18. The molecule has 0 aliphatic rings. The molecule has 0 atom stereocenters. The van der Waals surface area contributed by atoms with Gasteiger partial charge in [0.05, 0.1) is 5.56 Å². The van der Waals surface area contributed by atoms with Crippen molar-refractivity contribution < 1.29 is 9.83 Å². The Kier molecular flexibility index (Phi) is 3.42. The summed E-state index contributed by atoms with van der Waals surface area (Å²) in [5.41, 5.74) is 5.84. The van der Waals surface area contributed by atoms with Gasteiger partial charge in [-0.3, -0.25) is 4.79 Å². The summed E-state index contributed by atoms with van der Waals surface area (Å²) in [6, 6.07) is 14.4. The molecular weight excluding hydrogens is 246 g/mol. The lowest BCUT2D eigenvalue weighted by Gasteiger charge is -2.16. The minimum Gasteiger partial charge on any atom is -0.366 e. The number of hydrazine groups is 1. The van der Waals surface area contributed by atoms with E-state index in [0.717, 1.165) is 5.01 Å². The van der Waals surface area contributed by atoms with Gasteiger partial charge in [0.1, 0.15) is 11.4 Å². The minimum atomic E-state index is -0.710. The molecule has 2 aromatic rings. The van der Waals surface area contributed by atoms with Gasteiger partial charge in [-0.25, -0.2) is 10.1 Å². The standard InChI is InChI=1S/C13H11N3O3/c14-13(17)11-8-4-5-9-12(11)15(16(18)19)10-6-2-1-3-7-10/h1-9H,(H2,14,17). The Morgan fingerprint density at radius 2 is 1.63 bits per heavy atom. The molecule has 0 saturated carbocycles. The van der Waals surface area contributed by atoms with Gasteiger partial charge in [0.2, 0.25) is 0 Å². The van der Waals surface area contributed by atoms with Gasteiger partial charge in [0.15, 0.2) is 5.03 Å². The SMILES string of the molecule is NC(=O)c1ccccc1N(c1ccccc1)[N+](=O)[O-]. The van der Waals surface area contributed by atoms with E-state index in [1.54, 1.807) is 42.5 Å². The van der Waals surface area contributed by atoms with Crippen LogP contribution in [-0.2, 0) is 0 Å². The first-order valence-electron chi connectivity index (χ1n) is 5.49. The molecule has 2 rings (SSSR count). The number of hydrogen-bond acceptors (Lipinski definition) is 3. The number of para-hydroxylation sites is 2. The van der Waals surface area contributed by atoms with E-state index >= 15 is 0 Å². The maximum Gasteiger partial charge on any atom is 0.251 e. The van der Waals surface area contributed by atoms with Gasteiger partial charge in [-0.1, -0.05) is 35.3 Å². The monoisotopic (exact) mass is 257 g/mol. The fourth-order valence-electron chi connectivity index (χ4n) is 1.76. The Bertz CT molecular complexity index is 614. The lowest BCUT2D eigenvalue weighted by molar-refractivity contribution is -0.483. The summed E-state index contributed by atoms with van der Waals surface area (Å²) in [5.74, 6) is -0.710. The summed E-state index contributed by atoms with van der Waals surface area (Å²) >= 11 is 0. The molecule has 0 saturated heterocycles. The number of nitrogens with zero attached hydrogens (tertiary/aromatic N) is 2. The number of rotatable bonds is 4. The van der Waals surface area contributed by atoms with Crippen molar-refractivity contribution in [3.8, 4) is 0 Å². The van der Waals surface area contributed by atoms with Crippen molar-refractivity contribution in [3.63, 3.8) is 0 Å². The number of hydrogen-bond donors (Lipinski definition) is 1. The second-order valence-electron chi connectivity index (χ2n) is 3.77. The quantitative estimate of drug-likeness (QED) is 0.671. The Balaban J connectivity index is 2.59. The highest BCUT2D eigenvalue weighted by atomic mass is 16.7. The molecule has 6 nitrogen and oxygen atoms in total. The van der Waals surface area contributed by atoms with Crippen LogP contribution in [-0.4, -0.2) is 10.9 Å². The van der Waals surface area contributed by atoms with Crippen LogP contribution in [0.5, 0.6) is 0 Å². The van der Waals surface area contributed by atoms with Crippen LogP contribution in [0, 0.1) is 10.1 Å². The maximum absolute atomic E-state index is 11.4. The third kappa shape index (κ3) is 2.52. The van der Waals surface area contributed by atoms with E-state index in [1.807, 2.05) is 0 Å². The van der Waals surface area contributed by atoms with Crippen molar-refractivity contribution >= 4 is 17.3 Å². The smallest absolute Gasteiger partial charge is 0.251 e. The number of nitro groups is 1. The highest BCUT2D eigenvalue weighted by Crippen LogP contribution is 2.28. The van der Waals surface area contributed by atoms with Gasteiger partial charge in [0, 0.05) is 0 Å². The number of carbonyl (C=O) groups excluding carboxylic acids is 1. The van der Waals surface area contributed by atoms with Gasteiger partial charge in [-0.15, -0.1) is 0 Å². The molecule has 0 bridgehead atoms. The van der Waals surface area contributed by atoms with Crippen LogP contribution < -0.4 is 10.7 Å². The zero-order chi connectivity index (χ0) is 13.8. The molecule has 0 aliphatic carbocycles. The highest BCUT2D eigenvalue weighted by molar-refractivity contribution is 5.99. The number of nitrogens with two attached hydrogens (primary N) is 1. The number of amides is 1. The van der Waals surface area contributed by atoms with Crippen LogP contribution in [0.15, 0.2) is 54.6 Å². The number of anilines is 2. The first-order valence-corrected chi connectivity index (χ1v) is 5.49. The predicted octanol–water partition coefficient (Wildman–Crippen LogP) is 2.12. The van der Waals surface area contributed by atoms with E-state index in [1.165, 1.54) is 12.1 Å². The summed E-state index contributed by atoms with van der Waals surface area (Å²) in [7, 11) is 0. The number of benzene rings is 2. The van der Waals surface area contributed by atoms with Crippen LogP contribution in [0.3, 0.4) is 0 Å². The molecule has 0 radical (unpaired) electrons. The van der Waals surface area contributed by atoms with E-state index in [4.69, 9.17) is 5.73 Å². The third-order valence-electron chi connectivity index (χ3n) is 2.56. The molecule has 0 spiro atoms. The van der Waals surface area contributed by atoms with Gasteiger partial charge in [0.25, 0.3) is 5.91 Å². The van der Waals surface area contributed by atoms with Crippen LogP contribution in [0.4, 0.5) is 11.4 Å². The predicted molar refractivity (Wildman–Crippen MR) is 70.5 cm³/mol. The van der Waals surface area contributed by atoms with Crippen molar-refractivity contribution in [1.29, 1.82) is 0 Å². The average Bonchev–Trinajstić information content (AvgIpc) is 2.40. The summed E-state index contributed by atoms with van der Waals surface area (Å²) in [4.78, 5) is 22.6. The highest BCUT2D eigenvalue weighted by Gasteiger charge is 2.24. The fraction of sp³-hybridized carbons (Fsp3) is 0. The zero-order valence-electron chi connectivity index (χ0n) is 9.89. The first-order chi connectivity index (χ1) is 9.11. The minimum absolute atomic E-state index is 0.100. The molecule has 2 N–H and O–H groups in total. The lowest BCUT2D eigenvalue weighted by Crippen LogP contribution is -2.27. The van der Waals surface area contributed by atoms with Crippen molar-refractivity contribution in [2.75, 3.05) is 5.01 Å². The van der Waals surface area contributed by atoms with Gasteiger partial charge in [-0.2, -0.15) is 0 Å². The van der Waals surface area contributed by atoms with Gasteiger partial charge in [-0.05, 0) is 24.3 Å². The van der Waals surface area contributed by atoms with Crippen LogP contribution in [0.2, 0.25) is 0 Å². The third-order valence-corrected chi connectivity index (χ3v) is 2.56. The van der Waals surface area contributed by atoms with Crippen molar-refractivity contribution in [2.45, 2.75) is 0 Å². The number of primary amides is 1. The molecule has 96 valence electrons.